The first-order valence-corrected chi connectivity index (χ1v) is 10.9. The van der Waals surface area contributed by atoms with Crippen molar-refractivity contribution in [3.63, 3.8) is 0 Å². The Labute approximate surface area is 163 Å². The number of benzene rings is 2. The van der Waals surface area contributed by atoms with Crippen molar-refractivity contribution in [2.75, 3.05) is 22.4 Å². The van der Waals surface area contributed by atoms with Crippen LogP contribution in [-0.4, -0.2) is 27.1 Å². The standard InChI is InChI=1S/C19H23BrN2O3S/c1-14-11-15(2)13-18(12-14)22(26(3,24)25)10-4-5-19(23)21-17-8-6-16(20)7-9-17/h6-9,11-13H,4-5,10H2,1-3H3,(H,21,23). The van der Waals surface area contributed by atoms with Crippen LogP contribution in [0.4, 0.5) is 11.4 Å². The molecule has 0 heterocycles. The highest BCUT2D eigenvalue weighted by Gasteiger charge is 2.18. The average molecular weight is 439 g/mol. The third-order valence-electron chi connectivity index (χ3n) is 3.79. The maximum Gasteiger partial charge on any atom is 0.232 e. The third-order valence-corrected chi connectivity index (χ3v) is 5.51. The van der Waals surface area contributed by atoms with Gasteiger partial charge in [0, 0.05) is 23.1 Å². The van der Waals surface area contributed by atoms with Gasteiger partial charge in [-0.2, -0.15) is 0 Å². The van der Waals surface area contributed by atoms with Gasteiger partial charge >= 0.3 is 0 Å². The zero-order valence-corrected chi connectivity index (χ0v) is 17.5. The molecule has 1 amide bonds. The molecule has 2 aromatic carbocycles. The van der Waals surface area contributed by atoms with Crippen LogP contribution in [0.5, 0.6) is 0 Å². The van der Waals surface area contributed by atoms with E-state index in [1.54, 1.807) is 12.1 Å². The molecule has 0 spiro atoms. The maximum absolute atomic E-state index is 12.2. The summed E-state index contributed by atoms with van der Waals surface area (Å²) < 4.78 is 26.6. The highest BCUT2D eigenvalue weighted by Crippen LogP contribution is 2.22. The minimum atomic E-state index is -3.42. The van der Waals surface area contributed by atoms with Gasteiger partial charge in [-0.15, -0.1) is 0 Å². The fraction of sp³-hybridized carbons (Fsp3) is 0.316. The van der Waals surface area contributed by atoms with Crippen LogP contribution in [0.1, 0.15) is 24.0 Å². The highest BCUT2D eigenvalue weighted by atomic mass is 79.9. The Balaban J connectivity index is 1.99. The Kier molecular flexibility index (Phi) is 6.83. The Hall–Kier alpha value is -1.86. The summed E-state index contributed by atoms with van der Waals surface area (Å²) in [6.07, 6.45) is 1.86. The molecule has 5 nitrogen and oxygen atoms in total. The largest absolute Gasteiger partial charge is 0.326 e. The number of carbonyl (C=O) groups excluding carboxylic acids is 1. The van der Waals surface area contributed by atoms with E-state index in [1.165, 1.54) is 10.6 Å². The molecule has 140 valence electrons. The lowest BCUT2D eigenvalue weighted by molar-refractivity contribution is -0.116. The van der Waals surface area contributed by atoms with Gasteiger partial charge in [-0.1, -0.05) is 22.0 Å². The summed E-state index contributed by atoms with van der Waals surface area (Å²) in [5, 5.41) is 2.81. The Morgan fingerprint density at radius 3 is 2.19 bits per heavy atom. The van der Waals surface area contributed by atoms with Crippen LogP contribution >= 0.6 is 15.9 Å². The van der Waals surface area contributed by atoms with Crippen molar-refractivity contribution in [3.05, 3.63) is 58.1 Å². The molecule has 0 unspecified atom stereocenters. The number of amides is 1. The second-order valence-electron chi connectivity index (χ2n) is 6.34. The third kappa shape index (κ3) is 6.14. The van der Waals surface area contributed by atoms with Gasteiger partial charge in [0.25, 0.3) is 0 Å². The van der Waals surface area contributed by atoms with Crippen LogP contribution in [0.3, 0.4) is 0 Å². The van der Waals surface area contributed by atoms with E-state index in [-0.39, 0.29) is 18.9 Å². The van der Waals surface area contributed by atoms with Crippen molar-refractivity contribution >= 4 is 43.2 Å². The van der Waals surface area contributed by atoms with E-state index in [9.17, 15) is 13.2 Å². The molecule has 1 N–H and O–H groups in total. The van der Waals surface area contributed by atoms with Crippen molar-refractivity contribution in [1.29, 1.82) is 0 Å². The normalized spacial score (nSPS) is 11.2. The molecule has 0 aromatic heterocycles. The first kappa shape index (κ1) is 20.5. The molecular weight excluding hydrogens is 416 g/mol. The number of rotatable bonds is 7. The van der Waals surface area contributed by atoms with Crippen molar-refractivity contribution in [1.82, 2.24) is 0 Å². The molecule has 2 aromatic rings. The lowest BCUT2D eigenvalue weighted by Gasteiger charge is -2.23. The number of nitrogens with zero attached hydrogens (tertiary/aromatic N) is 1. The number of aryl methyl sites for hydroxylation is 2. The first-order valence-electron chi connectivity index (χ1n) is 8.26. The van der Waals surface area contributed by atoms with Crippen molar-refractivity contribution < 1.29 is 13.2 Å². The molecule has 2 rings (SSSR count). The molecular formula is C19H23BrN2O3S. The fourth-order valence-electron chi connectivity index (χ4n) is 2.72. The number of halogens is 1. The van der Waals surface area contributed by atoms with Crippen LogP contribution in [0.25, 0.3) is 0 Å². The summed E-state index contributed by atoms with van der Waals surface area (Å²) in [6.45, 7) is 4.13. The van der Waals surface area contributed by atoms with Crippen LogP contribution in [0.15, 0.2) is 46.9 Å². The predicted octanol–water partition coefficient (Wildman–Crippen LogP) is 4.25. The molecule has 0 aliphatic heterocycles. The minimum Gasteiger partial charge on any atom is -0.326 e. The number of anilines is 2. The van der Waals surface area contributed by atoms with E-state index in [0.29, 0.717) is 17.8 Å². The summed E-state index contributed by atoms with van der Waals surface area (Å²) in [5.41, 5.74) is 3.36. The second kappa shape index (κ2) is 8.68. The molecule has 7 heteroatoms. The maximum atomic E-state index is 12.2. The van der Waals surface area contributed by atoms with E-state index in [4.69, 9.17) is 0 Å². The minimum absolute atomic E-state index is 0.138. The van der Waals surface area contributed by atoms with Gasteiger partial charge in [-0.3, -0.25) is 9.10 Å². The molecule has 0 radical (unpaired) electrons. The van der Waals surface area contributed by atoms with E-state index in [1.807, 2.05) is 44.2 Å². The predicted molar refractivity (Wildman–Crippen MR) is 110 cm³/mol. The van der Waals surface area contributed by atoms with Crippen molar-refractivity contribution in [2.24, 2.45) is 0 Å². The summed E-state index contributed by atoms with van der Waals surface area (Å²) >= 11 is 3.35. The molecule has 0 aliphatic rings. The smallest absolute Gasteiger partial charge is 0.232 e. The monoisotopic (exact) mass is 438 g/mol. The number of hydrogen-bond donors (Lipinski definition) is 1. The van der Waals surface area contributed by atoms with E-state index in [0.717, 1.165) is 15.6 Å². The number of sulfonamides is 1. The van der Waals surface area contributed by atoms with Gasteiger partial charge in [0.15, 0.2) is 0 Å². The number of carbonyl (C=O) groups is 1. The van der Waals surface area contributed by atoms with Gasteiger partial charge in [-0.05, 0) is 67.8 Å². The van der Waals surface area contributed by atoms with Crippen molar-refractivity contribution in [3.8, 4) is 0 Å². The summed E-state index contributed by atoms with van der Waals surface area (Å²) in [7, 11) is -3.42. The van der Waals surface area contributed by atoms with Gasteiger partial charge in [-0.25, -0.2) is 8.42 Å². The van der Waals surface area contributed by atoms with Crippen LogP contribution in [0.2, 0.25) is 0 Å². The first-order chi connectivity index (χ1) is 12.1. The Morgan fingerprint density at radius 1 is 1.08 bits per heavy atom. The zero-order chi connectivity index (χ0) is 19.3. The van der Waals surface area contributed by atoms with E-state index in [2.05, 4.69) is 21.2 Å². The summed E-state index contributed by atoms with van der Waals surface area (Å²) in [5.74, 6) is -0.138. The van der Waals surface area contributed by atoms with E-state index < -0.39 is 10.0 Å². The summed E-state index contributed by atoms with van der Waals surface area (Å²) in [4.78, 5) is 12.1. The number of nitrogens with one attached hydrogen (secondary N) is 1. The molecule has 26 heavy (non-hydrogen) atoms. The topological polar surface area (TPSA) is 66.5 Å². The Morgan fingerprint density at radius 2 is 1.65 bits per heavy atom. The Bertz CT molecular complexity index is 860. The van der Waals surface area contributed by atoms with Gasteiger partial charge in [0.05, 0.1) is 11.9 Å². The van der Waals surface area contributed by atoms with Crippen LogP contribution in [-0.2, 0) is 14.8 Å². The molecule has 0 aliphatic carbocycles. The molecule has 0 bridgehead atoms. The van der Waals surface area contributed by atoms with Crippen molar-refractivity contribution in [2.45, 2.75) is 26.7 Å². The fourth-order valence-corrected chi connectivity index (χ4v) is 3.93. The molecule has 0 saturated heterocycles. The van der Waals surface area contributed by atoms with E-state index >= 15 is 0 Å². The number of hydrogen-bond acceptors (Lipinski definition) is 3. The van der Waals surface area contributed by atoms with Gasteiger partial charge < -0.3 is 5.32 Å². The summed E-state index contributed by atoms with van der Waals surface area (Å²) in [6, 6.07) is 13.0. The van der Waals surface area contributed by atoms with Crippen LogP contribution < -0.4 is 9.62 Å². The quantitative estimate of drug-likeness (QED) is 0.702. The second-order valence-corrected chi connectivity index (χ2v) is 9.16. The van der Waals surface area contributed by atoms with Gasteiger partial charge in [0.2, 0.25) is 15.9 Å². The SMILES string of the molecule is Cc1cc(C)cc(N(CCCC(=O)Nc2ccc(Br)cc2)S(C)(=O)=O)c1. The lowest BCUT2D eigenvalue weighted by Crippen LogP contribution is -2.31. The highest BCUT2D eigenvalue weighted by molar-refractivity contribution is 9.10. The van der Waals surface area contributed by atoms with Gasteiger partial charge in [0.1, 0.15) is 0 Å². The zero-order valence-electron chi connectivity index (χ0n) is 15.1. The molecule has 0 fully saturated rings. The van der Waals surface area contributed by atoms with Crippen LogP contribution in [0, 0.1) is 13.8 Å². The average Bonchev–Trinajstić information content (AvgIpc) is 2.51. The molecule has 0 atom stereocenters. The molecule has 0 saturated carbocycles. The lowest BCUT2D eigenvalue weighted by atomic mass is 10.1.